The Hall–Kier alpha value is 0.130. The number of benzene rings is 1. The molecule has 0 fully saturated rings. The molecule has 0 radical (unpaired) electrons. The van der Waals surface area contributed by atoms with Crippen molar-refractivity contribution in [2.45, 2.75) is 13.0 Å². The van der Waals surface area contributed by atoms with Gasteiger partial charge in [-0.05, 0) is 40.5 Å². The molecule has 0 saturated carbocycles. The molecule has 1 unspecified atom stereocenters. The van der Waals surface area contributed by atoms with Gasteiger partial charge < -0.3 is 5.73 Å². The van der Waals surface area contributed by atoms with E-state index in [4.69, 9.17) is 17.3 Å². The maximum Gasteiger partial charge on any atom is 0.107 e. The zero-order valence-corrected chi connectivity index (χ0v) is 13.8. The van der Waals surface area contributed by atoms with Crippen molar-refractivity contribution in [2.24, 2.45) is 5.73 Å². The number of rotatable bonds is 2. The lowest BCUT2D eigenvalue weighted by atomic mass is 10.0. The van der Waals surface area contributed by atoms with Crippen molar-refractivity contribution in [2.75, 3.05) is 0 Å². The summed E-state index contributed by atoms with van der Waals surface area (Å²) in [5.41, 5.74) is 8.54. The van der Waals surface area contributed by atoms with E-state index in [1.165, 1.54) is 16.9 Å². The van der Waals surface area contributed by atoms with E-state index in [1.807, 2.05) is 12.1 Å². The van der Waals surface area contributed by atoms with Crippen LogP contribution in [0.5, 0.6) is 0 Å². The molecule has 5 heteroatoms. The number of thiophene rings is 1. The van der Waals surface area contributed by atoms with Crippen molar-refractivity contribution in [3.63, 3.8) is 0 Å². The highest BCUT2D eigenvalue weighted by molar-refractivity contribution is 9.10. The van der Waals surface area contributed by atoms with Crippen LogP contribution in [0.2, 0.25) is 4.34 Å². The van der Waals surface area contributed by atoms with Crippen molar-refractivity contribution in [3.8, 4) is 0 Å². The highest BCUT2D eigenvalue weighted by Crippen LogP contribution is 2.38. The highest BCUT2D eigenvalue weighted by atomic mass is 79.9. The van der Waals surface area contributed by atoms with Gasteiger partial charge in [0.25, 0.3) is 0 Å². The molecule has 0 saturated heterocycles. The molecule has 0 aliphatic carbocycles. The molecule has 0 bridgehead atoms. The molecule has 2 N–H and O–H groups in total. The van der Waals surface area contributed by atoms with Gasteiger partial charge in [0.2, 0.25) is 0 Å². The molecule has 1 heterocycles. The smallest absolute Gasteiger partial charge is 0.107 e. The van der Waals surface area contributed by atoms with Gasteiger partial charge >= 0.3 is 0 Å². The first-order valence-corrected chi connectivity index (χ1v) is 7.73. The molecule has 2 aromatic rings. The highest BCUT2D eigenvalue weighted by Gasteiger charge is 2.16. The van der Waals surface area contributed by atoms with E-state index in [9.17, 15) is 0 Å². The van der Waals surface area contributed by atoms with Gasteiger partial charge in [-0.15, -0.1) is 11.3 Å². The Morgan fingerprint density at radius 1 is 1.24 bits per heavy atom. The van der Waals surface area contributed by atoms with Crippen LogP contribution < -0.4 is 5.73 Å². The Morgan fingerprint density at radius 2 is 1.94 bits per heavy atom. The predicted octanol–water partition coefficient (Wildman–Crippen LogP) is 5.28. The van der Waals surface area contributed by atoms with Crippen LogP contribution in [-0.4, -0.2) is 0 Å². The maximum atomic E-state index is 6.27. The summed E-state index contributed by atoms with van der Waals surface area (Å²) in [6.45, 7) is 2.06. The Labute approximate surface area is 126 Å². The molecule has 0 spiro atoms. The molecule has 17 heavy (non-hydrogen) atoms. The summed E-state index contributed by atoms with van der Waals surface area (Å²) >= 11 is 14.5. The summed E-state index contributed by atoms with van der Waals surface area (Å²) in [5.74, 6) is 0. The van der Waals surface area contributed by atoms with E-state index in [1.54, 1.807) is 0 Å². The Kier molecular flexibility index (Phi) is 4.31. The Balaban J connectivity index is 2.42. The predicted molar refractivity (Wildman–Crippen MR) is 81.9 cm³/mol. The zero-order valence-electron chi connectivity index (χ0n) is 9.01. The van der Waals surface area contributed by atoms with Crippen LogP contribution in [0.4, 0.5) is 0 Å². The molecule has 1 nitrogen and oxygen atoms in total. The average Bonchev–Trinajstić information content (AvgIpc) is 2.62. The minimum absolute atomic E-state index is 0.155. The van der Waals surface area contributed by atoms with E-state index in [0.717, 1.165) is 23.7 Å². The third-order valence-electron chi connectivity index (χ3n) is 2.46. The fraction of sp³-hybridized carbons (Fsp3) is 0.167. The molecule has 90 valence electrons. The summed E-state index contributed by atoms with van der Waals surface area (Å²) in [4.78, 5) is 1.05. The first kappa shape index (κ1) is 13.6. The van der Waals surface area contributed by atoms with Crippen LogP contribution in [-0.2, 0) is 0 Å². The maximum absolute atomic E-state index is 6.27. The van der Waals surface area contributed by atoms with Gasteiger partial charge in [0.15, 0.2) is 0 Å². The summed E-state index contributed by atoms with van der Waals surface area (Å²) in [6, 6.07) is 7.99. The van der Waals surface area contributed by atoms with Gasteiger partial charge in [-0.3, -0.25) is 0 Å². The van der Waals surface area contributed by atoms with Crippen LogP contribution in [0.1, 0.15) is 22.0 Å². The van der Waals surface area contributed by atoms with Crippen LogP contribution >= 0.6 is 54.8 Å². The molecule has 0 amide bonds. The number of hydrogen-bond donors (Lipinski definition) is 1. The number of halogens is 3. The summed E-state index contributed by atoms with van der Waals surface area (Å²) < 4.78 is 2.66. The van der Waals surface area contributed by atoms with E-state index in [0.29, 0.717) is 0 Å². The second kappa shape index (κ2) is 5.41. The van der Waals surface area contributed by atoms with Gasteiger partial charge in [0.1, 0.15) is 4.34 Å². The van der Waals surface area contributed by atoms with Crippen LogP contribution in [0.3, 0.4) is 0 Å². The number of nitrogens with two attached hydrogens (primary N) is 1. The lowest BCUT2D eigenvalue weighted by Gasteiger charge is -2.12. The van der Waals surface area contributed by atoms with Gasteiger partial charge in [-0.1, -0.05) is 45.2 Å². The SMILES string of the molecule is Cc1ccc(Br)c(C(N)c2cc(Br)c(Cl)s2)c1. The van der Waals surface area contributed by atoms with Gasteiger partial charge in [0.05, 0.1) is 6.04 Å². The third-order valence-corrected chi connectivity index (χ3v) is 5.74. The van der Waals surface area contributed by atoms with Crippen molar-refractivity contribution in [3.05, 3.63) is 53.6 Å². The van der Waals surface area contributed by atoms with Gasteiger partial charge in [-0.25, -0.2) is 0 Å². The quantitative estimate of drug-likeness (QED) is 0.735. The largest absolute Gasteiger partial charge is 0.320 e. The van der Waals surface area contributed by atoms with E-state index >= 15 is 0 Å². The molecule has 0 aliphatic rings. The van der Waals surface area contributed by atoms with E-state index in [2.05, 4.69) is 50.9 Å². The molecule has 2 rings (SSSR count). The van der Waals surface area contributed by atoms with Gasteiger partial charge in [-0.2, -0.15) is 0 Å². The first-order valence-electron chi connectivity index (χ1n) is 4.95. The lowest BCUT2D eigenvalue weighted by molar-refractivity contribution is 0.885. The van der Waals surface area contributed by atoms with Crippen LogP contribution in [0.15, 0.2) is 33.2 Å². The first-order chi connectivity index (χ1) is 7.99. The fourth-order valence-corrected chi connectivity index (χ4v) is 3.82. The molecule has 0 aliphatic heterocycles. The topological polar surface area (TPSA) is 26.0 Å². The van der Waals surface area contributed by atoms with Crippen molar-refractivity contribution in [1.29, 1.82) is 0 Å². The summed E-state index contributed by atoms with van der Waals surface area (Å²) in [7, 11) is 0. The lowest BCUT2D eigenvalue weighted by Crippen LogP contribution is -2.11. The average molecular weight is 396 g/mol. The Morgan fingerprint density at radius 3 is 2.53 bits per heavy atom. The molecule has 1 aromatic heterocycles. The molecular weight excluding hydrogens is 385 g/mol. The van der Waals surface area contributed by atoms with Crippen molar-refractivity contribution in [1.82, 2.24) is 0 Å². The van der Waals surface area contributed by atoms with E-state index in [-0.39, 0.29) is 6.04 Å². The summed E-state index contributed by atoms with van der Waals surface area (Å²) in [6.07, 6.45) is 0. The molecule has 1 aromatic carbocycles. The van der Waals surface area contributed by atoms with Crippen molar-refractivity contribution < 1.29 is 0 Å². The molecule has 1 atom stereocenters. The second-order valence-corrected chi connectivity index (χ2v) is 7.17. The fourth-order valence-electron chi connectivity index (χ4n) is 1.57. The Bertz CT molecular complexity index is 534. The third kappa shape index (κ3) is 2.93. The standard InChI is InChI=1S/C12H10Br2ClNS/c1-6-2-3-8(13)7(4-6)11(16)10-5-9(14)12(15)17-10/h2-5,11H,16H2,1H3. The van der Waals surface area contributed by atoms with Crippen LogP contribution in [0, 0.1) is 6.92 Å². The monoisotopic (exact) mass is 393 g/mol. The zero-order chi connectivity index (χ0) is 12.6. The van der Waals surface area contributed by atoms with Crippen LogP contribution in [0.25, 0.3) is 0 Å². The second-order valence-electron chi connectivity index (χ2n) is 3.77. The normalized spacial score (nSPS) is 12.8. The number of aryl methyl sites for hydroxylation is 1. The number of hydrogen-bond acceptors (Lipinski definition) is 2. The van der Waals surface area contributed by atoms with Gasteiger partial charge in [0, 0.05) is 13.8 Å². The minimum atomic E-state index is -0.155. The van der Waals surface area contributed by atoms with E-state index < -0.39 is 0 Å². The minimum Gasteiger partial charge on any atom is -0.320 e. The van der Waals surface area contributed by atoms with Crippen molar-refractivity contribution >= 4 is 54.8 Å². The summed E-state index contributed by atoms with van der Waals surface area (Å²) in [5, 5.41) is 0. The molecular formula is C12H10Br2ClNS.